The molecule has 0 saturated carbocycles. The lowest BCUT2D eigenvalue weighted by molar-refractivity contribution is 0.414. The van der Waals surface area contributed by atoms with Gasteiger partial charge in [-0.2, -0.15) is 0 Å². The Morgan fingerprint density at radius 1 is 1.13 bits per heavy atom. The summed E-state index contributed by atoms with van der Waals surface area (Å²) in [5.74, 6) is 1.82. The van der Waals surface area contributed by atoms with E-state index in [-0.39, 0.29) is 0 Å². The summed E-state index contributed by atoms with van der Waals surface area (Å²) in [5.41, 5.74) is 2.79. The largest absolute Gasteiger partial charge is 0.497 e. The predicted octanol–water partition coefficient (Wildman–Crippen LogP) is 4.87. The van der Waals surface area contributed by atoms with E-state index in [2.05, 4.69) is 22.1 Å². The van der Waals surface area contributed by atoms with Crippen molar-refractivity contribution in [3.05, 3.63) is 46.6 Å². The van der Waals surface area contributed by atoms with Crippen molar-refractivity contribution in [2.45, 2.75) is 36.5 Å². The maximum Gasteiger partial charge on any atom is 0.128 e. The van der Waals surface area contributed by atoms with Crippen LogP contribution in [0.5, 0.6) is 5.75 Å². The summed E-state index contributed by atoms with van der Waals surface area (Å²) in [5, 5.41) is 2.44. The summed E-state index contributed by atoms with van der Waals surface area (Å²) < 4.78 is 5.22. The molecule has 0 atom stereocenters. The van der Waals surface area contributed by atoms with Crippen molar-refractivity contribution in [1.82, 2.24) is 9.97 Å². The van der Waals surface area contributed by atoms with Crippen molar-refractivity contribution in [2.24, 2.45) is 0 Å². The molecule has 3 nitrogen and oxygen atoms in total. The van der Waals surface area contributed by atoms with Crippen molar-refractivity contribution in [2.75, 3.05) is 7.11 Å². The fourth-order valence-electron chi connectivity index (χ4n) is 3.04. The van der Waals surface area contributed by atoms with Crippen LogP contribution in [0.3, 0.4) is 0 Å². The van der Waals surface area contributed by atoms with E-state index < -0.39 is 0 Å². The number of thioether (sulfide) groups is 1. The van der Waals surface area contributed by atoms with E-state index in [4.69, 9.17) is 4.74 Å². The fourth-order valence-corrected chi connectivity index (χ4v) is 5.32. The summed E-state index contributed by atoms with van der Waals surface area (Å²) in [6.07, 6.45) is 6.69. The SMILES string of the molecule is COc1ccc(CSc2ncnc3sc4c(c23)CCCC4)cc1. The van der Waals surface area contributed by atoms with Crippen molar-refractivity contribution < 1.29 is 4.74 Å². The minimum absolute atomic E-state index is 0.898. The zero-order valence-electron chi connectivity index (χ0n) is 13.0. The maximum atomic E-state index is 5.22. The Balaban J connectivity index is 1.62. The van der Waals surface area contributed by atoms with Crippen molar-refractivity contribution >= 4 is 33.3 Å². The molecule has 0 bridgehead atoms. The number of aryl methyl sites for hydroxylation is 2. The average molecular weight is 342 g/mol. The second kappa shape index (κ2) is 6.49. The zero-order valence-corrected chi connectivity index (χ0v) is 14.7. The van der Waals surface area contributed by atoms with Gasteiger partial charge in [0.15, 0.2) is 0 Å². The molecule has 2 heterocycles. The van der Waals surface area contributed by atoms with Crippen LogP contribution in [0.4, 0.5) is 0 Å². The highest BCUT2D eigenvalue weighted by molar-refractivity contribution is 7.98. The Kier molecular flexibility index (Phi) is 4.23. The van der Waals surface area contributed by atoms with Crippen LogP contribution in [0, 0.1) is 0 Å². The number of thiophene rings is 1. The van der Waals surface area contributed by atoms with Crippen LogP contribution in [0.25, 0.3) is 10.2 Å². The molecule has 1 aliphatic rings. The summed E-state index contributed by atoms with van der Waals surface area (Å²) in [6, 6.07) is 8.26. The van der Waals surface area contributed by atoms with Crippen molar-refractivity contribution in [1.29, 1.82) is 0 Å². The number of hydrogen-bond acceptors (Lipinski definition) is 5. The van der Waals surface area contributed by atoms with Gasteiger partial charge in [0.05, 0.1) is 7.11 Å². The molecule has 3 aromatic rings. The lowest BCUT2D eigenvalue weighted by Gasteiger charge is -2.11. The van der Waals surface area contributed by atoms with E-state index in [0.29, 0.717) is 0 Å². The van der Waals surface area contributed by atoms with Crippen molar-refractivity contribution in [3.63, 3.8) is 0 Å². The number of hydrogen-bond donors (Lipinski definition) is 0. The lowest BCUT2D eigenvalue weighted by atomic mass is 9.97. The minimum Gasteiger partial charge on any atom is -0.497 e. The van der Waals surface area contributed by atoms with Gasteiger partial charge in [-0.3, -0.25) is 0 Å². The number of rotatable bonds is 4. The van der Waals surface area contributed by atoms with Gasteiger partial charge in [0.1, 0.15) is 21.9 Å². The number of ether oxygens (including phenoxy) is 1. The standard InChI is InChI=1S/C18H18N2OS2/c1-21-13-8-6-12(7-9-13)10-22-17-16-14-4-2-3-5-15(14)23-18(16)20-11-19-17/h6-9,11H,2-5,10H2,1H3. The van der Waals surface area contributed by atoms with Gasteiger partial charge in [0.2, 0.25) is 0 Å². The Hall–Kier alpha value is -1.59. The van der Waals surface area contributed by atoms with Crippen LogP contribution < -0.4 is 4.74 Å². The zero-order chi connectivity index (χ0) is 15.6. The fraction of sp³-hybridized carbons (Fsp3) is 0.333. The smallest absolute Gasteiger partial charge is 0.128 e. The number of nitrogens with zero attached hydrogens (tertiary/aromatic N) is 2. The topological polar surface area (TPSA) is 35.0 Å². The van der Waals surface area contributed by atoms with Crippen LogP contribution in [0.2, 0.25) is 0 Å². The Labute approximate surface area is 144 Å². The molecule has 0 unspecified atom stereocenters. The van der Waals surface area contributed by atoms with Crippen LogP contribution in [-0.4, -0.2) is 17.1 Å². The molecule has 4 rings (SSSR count). The second-order valence-electron chi connectivity index (χ2n) is 5.71. The van der Waals surface area contributed by atoms with Crippen LogP contribution in [-0.2, 0) is 18.6 Å². The third-order valence-corrected chi connectivity index (χ3v) is 6.51. The Morgan fingerprint density at radius 3 is 2.78 bits per heavy atom. The Morgan fingerprint density at radius 2 is 1.96 bits per heavy atom. The molecule has 118 valence electrons. The number of fused-ring (bicyclic) bond motifs is 3. The van der Waals surface area contributed by atoms with Crippen LogP contribution >= 0.6 is 23.1 Å². The maximum absolute atomic E-state index is 5.22. The van der Waals surface area contributed by atoms with Gasteiger partial charge in [0, 0.05) is 16.0 Å². The third kappa shape index (κ3) is 2.95. The third-order valence-electron chi connectivity index (χ3n) is 4.25. The molecule has 1 aromatic carbocycles. The highest BCUT2D eigenvalue weighted by atomic mass is 32.2. The average Bonchev–Trinajstić information content (AvgIpc) is 2.99. The molecule has 0 aliphatic heterocycles. The first-order valence-electron chi connectivity index (χ1n) is 7.86. The molecule has 0 N–H and O–H groups in total. The second-order valence-corrected chi connectivity index (χ2v) is 7.75. The first-order chi connectivity index (χ1) is 11.3. The number of benzene rings is 1. The summed E-state index contributed by atoms with van der Waals surface area (Å²) in [4.78, 5) is 11.8. The van der Waals surface area contributed by atoms with Crippen LogP contribution in [0.1, 0.15) is 28.8 Å². The summed E-state index contributed by atoms with van der Waals surface area (Å²) in [7, 11) is 1.70. The van der Waals surface area contributed by atoms with Gasteiger partial charge in [0.25, 0.3) is 0 Å². The molecule has 5 heteroatoms. The van der Waals surface area contributed by atoms with Crippen molar-refractivity contribution in [3.8, 4) is 5.75 Å². The Bertz CT molecular complexity index is 827. The van der Waals surface area contributed by atoms with E-state index in [1.165, 1.54) is 47.1 Å². The van der Waals surface area contributed by atoms with Gasteiger partial charge < -0.3 is 4.74 Å². The molecule has 0 spiro atoms. The first kappa shape index (κ1) is 15.0. The van der Waals surface area contributed by atoms with E-state index in [1.807, 2.05) is 35.2 Å². The molecular formula is C18H18N2OS2. The van der Waals surface area contributed by atoms with E-state index in [0.717, 1.165) is 21.4 Å². The minimum atomic E-state index is 0.898. The van der Waals surface area contributed by atoms with Gasteiger partial charge in [-0.15, -0.1) is 23.1 Å². The predicted molar refractivity (Wildman–Crippen MR) is 96.6 cm³/mol. The number of methoxy groups -OCH3 is 1. The molecule has 23 heavy (non-hydrogen) atoms. The van der Waals surface area contributed by atoms with Gasteiger partial charge >= 0.3 is 0 Å². The highest BCUT2D eigenvalue weighted by Crippen LogP contribution is 2.39. The monoisotopic (exact) mass is 342 g/mol. The molecule has 0 saturated heterocycles. The molecular weight excluding hydrogens is 324 g/mol. The quantitative estimate of drug-likeness (QED) is 0.500. The summed E-state index contributed by atoms with van der Waals surface area (Å²) in [6.45, 7) is 0. The highest BCUT2D eigenvalue weighted by Gasteiger charge is 2.19. The molecule has 0 fully saturated rings. The van der Waals surface area contributed by atoms with Gasteiger partial charge in [-0.1, -0.05) is 12.1 Å². The number of aromatic nitrogens is 2. The van der Waals surface area contributed by atoms with Gasteiger partial charge in [-0.25, -0.2) is 9.97 Å². The van der Waals surface area contributed by atoms with Crippen LogP contribution in [0.15, 0.2) is 35.6 Å². The van der Waals surface area contributed by atoms with E-state index >= 15 is 0 Å². The normalized spacial score (nSPS) is 14.0. The summed E-state index contributed by atoms with van der Waals surface area (Å²) >= 11 is 3.67. The first-order valence-corrected chi connectivity index (χ1v) is 9.66. The van der Waals surface area contributed by atoms with Gasteiger partial charge in [-0.05, 0) is 48.9 Å². The van der Waals surface area contributed by atoms with E-state index in [1.54, 1.807) is 13.4 Å². The van der Waals surface area contributed by atoms with E-state index in [9.17, 15) is 0 Å². The molecule has 2 aromatic heterocycles. The molecule has 1 aliphatic carbocycles. The molecule has 0 radical (unpaired) electrons. The molecule has 0 amide bonds. The lowest BCUT2D eigenvalue weighted by Crippen LogP contribution is -1.99.